The zero-order chi connectivity index (χ0) is 25.4. The third kappa shape index (κ3) is 8.56. The number of halogens is 4. The third-order valence-corrected chi connectivity index (χ3v) is 6.41. The molecule has 1 fully saturated rings. The summed E-state index contributed by atoms with van der Waals surface area (Å²) in [6, 6.07) is 8.92. The van der Waals surface area contributed by atoms with Crippen LogP contribution in [0.15, 0.2) is 40.9 Å². The number of aliphatic hydroxyl groups is 1. The van der Waals surface area contributed by atoms with Gasteiger partial charge in [-0.25, -0.2) is 0 Å². The lowest BCUT2D eigenvalue weighted by atomic mass is 10.2. The van der Waals surface area contributed by atoms with E-state index in [1.54, 1.807) is 7.11 Å². The van der Waals surface area contributed by atoms with Crippen molar-refractivity contribution in [2.24, 2.45) is 0 Å². The van der Waals surface area contributed by atoms with E-state index in [1.165, 1.54) is 18.9 Å². The average Bonchev–Trinajstić information content (AvgIpc) is 3.32. The van der Waals surface area contributed by atoms with Crippen LogP contribution in [0.4, 0.5) is 13.2 Å². The summed E-state index contributed by atoms with van der Waals surface area (Å²) >= 11 is 3.19. The minimum absolute atomic E-state index is 0.0339. The first-order valence-electron chi connectivity index (χ1n) is 11.5. The summed E-state index contributed by atoms with van der Waals surface area (Å²) in [4.78, 5) is 4.29. The molecular weight excluding hydrogens is 529 g/mol. The van der Waals surface area contributed by atoms with Crippen molar-refractivity contribution in [1.82, 2.24) is 9.80 Å². The smallest absolute Gasteiger partial charge is 0.416 e. The second-order valence-corrected chi connectivity index (χ2v) is 9.54. The SMILES string of the molecule is COc1cc(CN(C)CC(O)COc2cc(C(F)(F)F)ccc2Br)ccc1OCCN1CCCC1. The standard InChI is InChI=1S/C25H32BrF3N2O4/c1-30(16-20(32)17-35-23-14-19(25(27,28)29)6-7-21(23)26)15-18-5-8-22(24(13-18)33-2)34-12-11-31-9-3-4-10-31/h5-8,13-14,20,32H,3-4,9-12,15-17H2,1-2H3. The summed E-state index contributed by atoms with van der Waals surface area (Å²) in [5, 5.41) is 10.4. The number of hydrogen-bond donors (Lipinski definition) is 1. The lowest BCUT2D eigenvalue weighted by Gasteiger charge is -2.22. The van der Waals surface area contributed by atoms with Gasteiger partial charge in [-0.3, -0.25) is 9.80 Å². The Morgan fingerprint density at radius 3 is 2.49 bits per heavy atom. The van der Waals surface area contributed by atoms with Gasteiger partial charge in [-0.15, -0.1) is 0 Å². The first-order chi connectivity index (χ1) is 16.7. The molecular formula is C25H32BrF3N2O4. The van der Waals surface area contributed by atoms with Crippen LogP contribution < -0.4 is 14.2 Å². The first kappa shape index (κ1) is 27.6. The molecule has 1 N–H and O–H groups in total. The molecule has 1 saturated heterocycles. The third-order valence-electron chi connectivity index (χ3n) is 5.76. The van der Waals surface area contributed by atoms with Crippen molar-refractivity contribution < 1.29 is 32.5 Å². The molecule has 10 heteroatoms. The average molecular weight is 561 g/mol. The number of hydrogen-bond acceptors (Lipinski definition) is 6. The molecule has 1 aliphatic heterocycles. The molecule has 2 aromatic carbocycles. The van der Waals surface area contributed by atoms with Crippen molar-refractivity contribution >= 4 is 15.9 Å². The molecule has 1 aliphatic rings. The molecule has 1 unspecified atom stereocenters. The number of benzene rings is 2. The molecule has 1 heterocycles. The summed E-state index contributed by atoms with van der Waals surface area (Å²) in [6.45, 7) is 4.41. The van der Waals surface area contributed by atoms with Crippen LogP contribution in [0.1, 0.15) is 24.0 Å². The van der Waals surface area contributed by atoms with E-state index < -0.39 is 17.8 Å². The fourth-order valence-electron chi connectivity index (χ4n) is 3.99. The van der Waals surface area contributed by atoms with Gasteiger partial charge in [0, 0.05) is 19.6 Å². The van der Waals surface area contributed by atoms with Crippen molar-refractivity contribution in [2.45, 2.75) is 31.7 Å². The minimum Gasteiger partial charge on any atom is -0.493 e. The zero-order valence-corrected chi connectivity index (χ0v) is 21.6. The van der Waals surface area contributed by atoms with Crippen LogP contribution in [0.5, 0.6) is 17.2 Å². The predicted molar refractivity (Wildman–Crippen MR) is 131 cm³/mol. The van der Waals surface area contributed by atoms with Crippen LogP contribution in [0, 0.1) is 0 Å². The summed E-state index contributed by atoms with van der Waals surface area (Å²) in [6.07, 6.45) is -2.87. The molecule has 0 aliphatic carbocycles. The van der Waals surface area contributed by atoms with Crippen LogP contribution in [0.3, 0.4) is 0 Å². The Morgan fingerprint density at radius 2 is 1.80 bits per heavy atom. The highest BCUT2D eigenvalue weighted by Crippen LogP contribution is 2.35. The molecule has 0 aromatic heterocycles. The van der Waals surface area contributed by atoms with Crippen molar-refractivity contribution in [3.05, 3.63) is 52.0 Å². The van der Waals surface area contributed by atoms with Crippen molar-refractivity contribution in [3.63, 3.8) is 0 Å². The van der Waals surface area contributed by atoms with Gasteiger partial charge in [0.1, 0.15) is 25.1 Å². The monoisotopic (exact) mass is 560 g/mol. The van der Waals surface area contributed by atoms with Crippen LogP contribution in [0.25, 0.3) is 0 Å². The zero-order valence-electron chi connectivity index (χ0n) is 20.0. The van der Waals surface area contributed by atoms with E-state index in [4.69, 9.17) is 14.2 Å². The Kier molecular flexibility index (Phi) is 10.1. The second kappa shape index (κ2) is 12.8. The van der Waals surface area contributed by atoms with Gasteiger partial charge in [0.25, 0.3) is 0 Å². The van der Waals surface area contributed by atoms with E-state index in [0.717, 1.165) is 37.3 Å². The molecule has 6 nitrogen and oxygen atoms in total. The number of methoxy groups -OCH3 is 1. The van der Waals surface area contributed by atoms with Crippen molar-refractivity contribution in [1.29, 1.82) is 0 Å². The van der Waals surface area contributed by atoms with Gasteiger partial charge in [0.2, 0.25) is 0 Å². The number of likely N-dealkylation sites (tertiary alicyclic amines) is 1. The van der Waals surface area contributed by atoms with Crippen LogP contribution in [0.2, 0.25) is 0 Å². The van der Waals surface area contributed by atoms with Gasteiger partial charge in [-0.05, 0) is 84.8 Å². The summed E-state index contributed by atoms with van der Waals surface area (Å²) in [5.74, 6) is 1.38. The molecule has 0 radical (unpaired) electrons. The number of alkyl halides is 3. The minimum atomic E-state index is -4.47. The largest absolute Gasteiger partial charge is 0.493 e. The molecule has 0 amide bonds. The molecule has 0 bridgehead atoms. The van der Waals surface area contributed by atoms with E-state index in [-0.39, 0.29) is 18.9 Å². The Balaban J connectivity index is 1.48. The lowest BCUT2D eigenvalue weighted by Crippen LogP contribution is -2.32. The highest BCUT2D eigenvalue weighted by Gasteiger charge is 2.31. The fourth-order valence-corrected chi connectivity index (χ4v) is 4.35. The molecule has 3 rings (SSSR count). The van der Waals surface area contributed by atoms with E-state index in [1.807, 2.05) is 30.1 Å². The van der Waals surface area contributed by atoms with E-state index in [0.29, 0.717) is 29.1 Å². The van der Waals surface area contributed by atoms with Crippen LogP contribution >= 0.6 is 15.9 Å². The summed E-state index contributed by atoms with van der Waals surface area (Å²) in [7, 11) is 3.44. The summed E-state index contributed by atoms with van der Waals surface area (Å²) in [5.41, 5.74) is 0.171. The highest BCUT2D eigenvalue weighted by molar-refractivity contribution is 9.10. The molecule has 35 heavy (non-hydrogen) atoms. The Bertz CT molecular complexity index is 955. The molecule has 0 saturated carbocycles. The molecule has 2 aromatic rings. The molecule has 0 spiro atoms. The van der Waals surface area contributed by atoms with Crippen molar-refractivity contribution in [2.75, 3.05) is 53.6 Å². The van der Waals surface area contributed by atoms with Gasteiger partial charge in [-0.2, -0.15) is 13.2 Å². The quantitative estimate of drug-likeness (QED) is 0.401. The van der Waals surface area contributed by atoms with E-state index in [2.05, 4.69) is 20.8 Å². The fraction of sp³-hybridized carbons (Fsp3) is 0.520. The second-order valence-electron chi connectivity index (χ2n) is 8.69. The van der Waals surface area contributed by atoms with E-state index >= 15 is 0 Å². The number of aliphatic hydroxyl groups excluding tert-OH is 1. The van der Waals surface area contributed by atoms with Crippen LogP contribution in [-0.4, -0.2) is 74.6 Å². The number of ether oxygens (including phenoxy) is 3. The molecule has 194 valence electrons. The van der Waals surface area contributed by atoms with Gasteiger partial charge in [0.05, 0.1) is 17.1 Å². The Labute approximate surface area is 212 Å². The Morgan fingerprint density at radius 1 is 1.06 bits per heavy atom. The summed E-state index contributed by atoms with van der Waals surface area (Å²) < 4.78 is 56.1. The maximum atomic E-state index is 12.9. The maximum absolute atomic E-state index is 12.9. The number of likely N-dealkylation sites (N-methyl/N-ethyl adjacent to an activating group) is 1. The predicted octanol–water partition coefficient (Wildman–Crippen LogP) is 4.82. The number of rotatable bonds is 12. The molecule has 1 atom stereocenters. The van der Waals surface area contributed by atoms with Crippen molar-refractivity contribution in [3.8, 4) is 17.2 Å². The van der Waals surface area contributed by atoms with E-state index in [9.17, 15) is 18.3 Å². The first-order valence-corrected chi connectivity index (χ1v) is 12.3. The maximum Gasteiger partial charge on any atom is 0.416 e. The highest BCUT2D eigenvalue weighted by atomic mass is 79.9. The van der Waals surface area contributed by atoms with Crippen LogP contribution in [-0.2, 0) is 12.7 Å². The lowest BCUT2D eigenvalue weighted by molar-refractivity contribution is -0.137. The number of nitrogens with zero attached hydrogens (tertiary/aromatic N) is 2. The van der Waals surface area contributed by atoms with Gasteiger partial charge in [0.15, 0.2) is 11.5 Å². The Hall–Kier alpha value is -2.01. The topological polar surface area (TPSA) is 54.4 Å². The van der Waals surface area contributed by atoms with Gasteiger partial charge in [-0.1, -0.05) is 6.07 Å². The van der Waals surface area contributed by atoms with Gasteiger partial charge < -0.3 is 19.3 Å². The normalized spacial score (nSPS) is 15.4. The van der Waals surface area contributed by atoms with Gasteiger partial charge >= 0.3 is 6.18 Å².